The van der Waals surface area contributed by atoms with Crippen LogP contribution in [0.4, 0.5) is 16.2 Å². The monoisotopic (exact) mass is 355 g/mol. The maximum atomic E-state index is 12.3. The fraction of sp³-hybridized carbons (Fsp3) is 0.300. The molecule has 0 heterocycles. The second kappa shape index (κ2) is 7.91. The van der Waals surface area contributed by atoms with E-state index in [1.165, 1.54) is 0 Å². The number of carbonyl (C=O) groups is 2. The molecule has 2 rings (SSSR count). The summed E-state index contributed by atoms with van der Waals surface area (Å²) in [4.78, 5) is 26.0. The van der Waals surface area contributed by atoms with Gasteiger partial charge in [-0.15, -0.1) is 0 Å². The van der Waals surface area contributed by atoms with Gasteiger partial charge in [0.15, 0.2) is 0 Å². The van der Waals surface area contributed by atoms with Gasteiger partial charge in [0.25, 0.3) is 5.91 Å². The van der Waals surface area contributed by atoms with E-state index >= 15 is 0 Å². The summed E-state index contributed by atoms with van der Waals surface area (Å²) in [5.74, 6) is 0.203. The molecule has 0 aliphatic heterocycles. The molecule has 0 bridgehead atoms. The molecular formula is C20H25N3O3. The van der Waals surface area contributed by atoms with Crippen molar-refractivity contribution in [1.82, 2.24) is 5.32 Å². The zero-order chi connectivity index (χ0) is 19.3. The van der Waals surface area contributed by atoms with Crippen LogP contribution in [0.3, 0.4) is 0 Å². The average molecular weight is 355 g/mol. The maximum Gasteiger partial charge on any atom is 0.413 e. The minimum atomic E-state index is -0.518. The molecule has 0 aliphatic rings. The third kappa shape index (κ3) is 5.81. The number of rotatable bonds is 4. The van der Waals surface area contributed by atoms with E-state index < -0.39 is 6.09 Å². The van der Waals surface area contributed by atoms with Crippen molar-refractivity contribution >= 4 is 23.4 Å². The summed E-state index contributed by atoms with van der Waals surface area (Å²) in [6.07, 6.45) is -0.518. The van der Waals surface area contributed by atoms with Gasteiger partial charge in [0.05, 0.1) is 0 Å². The quantitative estimate of drug-likeness (QED) is 0.873. The van der Waals surface area contributed by atoms with Crippen LogP contribution in [0, 0.1) is 0 Å². The molecule has 0 aromatic heterocycles. The van der Waals surface area contributed by atoms with E-state index in [1.807, 2.05) is 51.9 Å². The molecule has 0 spiro atoms. The van der Waals surface area contributed by atoms with Gasteiger partial charge in [-0.1, -0.05) is 0 Å². The highest BCUT2D eigenvalue weighted by Crippen LogP contribution is 2.18. The summed E-state index contributed by atoms with van der Waals surface area (Å²) in [5.41, 5.74) is 1.85. The molecule has 0 saturated heterocycles. The topological polar surface area (TPSA) is 70.7 Å². The lowest BCUT2D eigenvalue weighted by Crippen LogP contribution is -2.42. The van der Waals surface area contributed by atoms with E-state index in [2.05, 4.69) is 10.6 Å². The molecule has 2 aromatic rings. The number of anilines is 2. The highest BCUT2D eigenvalue weighted by molar-refractivity contribution is 6.04. The Bertz CT molecular complexity index is 760. The molecule has 0 unspecified atom stereocenters. The highest BCUT2D eigenvalue weighted by Gasteiger charge is 2.15. The lowest BCUT2D eigenvalue weighted by Gasteiger charge is -2.19. The van der Waals surface area contributed by atoms with Gasteiger partial charge in [0, 0.05) is 36.6 Å². The summed E-state index contributed by atoms with van der Waals surface area (Å²) in [7, 11) is 3.89. The van der Waals surface area contributed by atoms with E-state index in [0.29, 0.717) is 17.0 Å². The minimum absolute atomic E-state index is 0.200. The van der Waals surface area contributed by atoms with E-state index in [1.54, 1.807) is 36.4 Å². The molecule has 0 fully saturated rings. The fourth-order valence-electron chi connectivity index (χ4n) is 2.16. The third-order valence-corrected chi connectivity index (χ3v) is 3.45. The Labute approximate surface area is 154 Å². The Morgan fingerprint density at radius 3 is 2.00 bits per heavy atom. The lowest BCUT2D eigenvalue weighted by molar-refractivity contribution is 0.102. The summed E-state index contributed by atoms with van der Waals surface area (Å²) >= 11 is 0. The normalized spacial score (nSPS) is 10.8. The van der Waals surface area contributed by atoms with Gasteiger partial charge >= 0.3 is 6.09 Å². The van der Waals surface area contributed by atoms with Crippen LogP contribution in [-0.4, -0.2) is 31.6 Å². The largest absolute Gasteiger partial charge is 0.413 e. The number of amides is 2. The number of carbonyl (C=O) groups excluding carboxylic acids is 2. The summed E-state index contributed by atoms with van der Waals surface area (Å²) < 4.78 is 5.20. The molecule has 0 atom stereocenters. The second-order valence-electron chi connectivity index (χ2n) is 7.18. The van der Waals surface area contributed by atoms with Gasteiger partial charge in [-0.3, -0.25) is 4.79 Å². The van der Waals surface area contributed by atoms with Gasteiger partial charge in [0.2, 0.25) is 0 Å². The van der Waals surface area contributed by atoms with Crippen LogP contribution < -0.4 is 20.3 Å². The fourth-order valence-corrected chi connectivity index (χ4v) is 2.16. The molecule has 138 valence electrons. The molecule has 0 saturated carbocycles. The molecular weight excluding hydrogens is 330 g/mol. The van der Waals surface area contributed by atoms with Gasteiger partial charge in [-0.2, -0.15) is 0 Å². The molecule has 0 radical (unpaired) electrons. The van der Waals surface area contributed by atoms with Crippen molar-refractivity contribution in [1.29, 1.82) is 0 Å². The van der Waals surface area contributed by atoms with Crippen LogP contribution in [0.2, 0.25) is 0 Å². The first-order valence-corrected chi connectivity index (χ1v) is 8.33. The van der Waals surface area contributed by atoms with Gasteiger partial charge in [0.1, 0.15) is 5.75 Å². The van der Waals surface area contributed by atoms with Crippen LogP contribution in [0.15, 0.2) is 48.5 Å². The van der Waals surface area contributed by atoms with E-state index in [-0.39, 0.29) is 11.4 Å². The number of hydrogen-bond donors (Lipinski definition) is 2. The second-order valence-corrected chi connectivity index (χ2v) is 7.18. The van der Waals surface area contributed by atoms with Crippen molar-refractivity contribution in [2.75, 3.05) is 24.3 Å². The Balaban J connectivity index is 1.96. The third-order valence-electron chi connectivity index (χ3n) is 3.45. The molecule has 6 heteroatoms. The van der Waals surface area contributed by atoms with E-state index in [4.69, 9.17) is 4.74 Å². The lowest BCUT2D eigenvalue weighted by atomic mass is 10.1. The first-order chi connectivity index (χ1) is 12.1. The van der Waals surface area contributed by atoms with Crippen molar-refractivity contribution in [3.05, 3.63) is 54.1 Å². The minimum Gasteiger partial charge on any atom is -0.410 e. The van der Waals surface area contributed by atoms with Crippen molar-refractivity contribution in [3.8, 4) is 5.75 Å². The zero-order valence-electron chi connectivity index (χ0n) is 15.8. The Hall–Kier alpha value is -3.02. The van der Waals surface area contributed by atoms with Crippen LogP contribution in [0.5, 0.6) is 5.75 Å². The number of ether oxygens (including phenoxy) is 1. The number of hydrogen-bond acceptors (Lipinski definition) is 4. The Morgan fingerprint density at radius 2 is 1.50 bits per heavy atom. The molecule has 6 nitrogen and oxygen atoms in total. The molecule has 26 heavy (non-hydrogen) atoms. The van der Waals surface area contributed by atoms with Crippen LogP contribution in [0.1, 0.15) is 31.1 Å². The van der Waals surface area contributed by atoms with Crippen molar-refractivity contribution < 1.29 is 14.3 Å². The predicted molar refractivity (Wildman–Crippen MR) is 104 cm³/mol. The van der Waals surface area contributed by atoms with Crippen LogP contribution in [-0.2, 0) is 0 Å². The number of nitrogens with zero attached hydrogens (tertiary/aromatic N) is 1. The first kappa shape index (κ1) is 19.3. The molecule has 2 amide bonds. The molecule has 0 aliphatic carbocycles. The van der Waals surface area contributed by atoms with E-state index in [0.717, 1.165) is 5.69 Å². The number of nitrogens with one attached hydrogen (secondary N) is 2. The van der Waals surface area contributed by atoms with Gasteiger partial charge in [-0.25, -0.2) is 4.79 Å². The van der Waals surface area contributed by atoms with Gasteiger partial charge < -0.3 is 20.3 Å². The molecule has 2 aromatic carbocycles. The Kier molecular flexibility index (Phi) is 5.87. The SMILES string of the molecule is CN(C)c1ccc(C(=O)Nc2ccc(OC(=O)NC(C)(C)C)cc2)cc1. The van der Waals surface area contributed by atoms with Crippen molar-refractivity contribution in [3.63, 3.8) is 0 Å². The van der Waals surface area contributed by atoms with E-state index in [9.17, 15) is 9.59 Å². The van der Waals surface area contributed by atoms with Gasteiger partial charge in [-0.05, 0) is 69.3 Å². The maximum absolute atomic E-state index is 12.3. The standard InChI is InChI=1S/C20H25N3O3/c1-20(2,3)22-19(25)26-17-12-8-15(9-13-17)21-18(24)14-6-10-16(11-7-14)23(4)5/h6-13H,1-5H3,(H,21,24)(H,22,25). The van der Waals surface area contributed by atoms with Crippen LogP contribution in [0.25, 0.3) is 0 Å². The van der Waals surface area contributed by atoms with Crippen molar-refractivity contribution in [2.24, 2.45) is 0 Å². The highest BCUT2D eigenvalue weighted by atomic mass is 16.6. The van der Waals surface area contributed by atoms with Crippen LogP contribution >= 0.6 is 0 Å². The molecule has 2 N–H and O–H groups in total. The predicted octanol–water partition coefficient (Wildman–Crippen LogP) is 3.89. The number of benzene rings is 2. The average Bonchev–Trinajstić information content (AvgIpc) is 2.55. The first-order valence-electron chi connectivity index (χ1n) is 8.33. The summed E-state index contributed by atoms with van der Waals surface area (Å²) in [5, 5.41) is 5.53. The summed E-state index contributed by atoms with van der Waals surface area (Å²) in [6, 6.07) is 14.0. The zero-order valence-corrected chi connectivity index (χ0v) is 15.8. The Morgan fingerprint density at radius 1 is 0.923 bits per heavy atom. The smallest absolute Gasteiger partial charge is 0.410 e. The summed E-state index contributed by atoms with van der Waals surface area (Å²) in [6.45, 7) is 5.62. The van der Waals surface area contributed by atoms with Crippen molar-refractivity contribution in [2.45, 2.75) is 26.3 Å².